The predicted octanol–water partition coefficient (Wildman–Crippen LogP) is 2.46. The fourth-order valence-electron chi connectivity index (χ4n) is 3.43. The first kappa shape index (κ1) is 24.3. The lowest BCUT2D eigenvalue weighted by Crippen LogP contribution is -2.51. The topological polar surface area (TPSA) is 97.4 Å². The van der Waals surface area contributed by atoms with Crippen LogP contribution in [-0.4, -0.2) is 58.8 Å². The largest absolute Gasteiger partial charge is 0.467 e. The summed E-state index contributed by atoms with van der Waals surface area (Å²) in [6.07, 6.45) is -2.08. The van der Waals surface area contributed by atoms with E-state index in [2.05, 4.69) is 0 Å². The van der Waals surface area contributed by atoms with Gasteiger partial charge in [-0.2, -0.15) is 8.42 Å². The van der Waals surface area contributed by atoms with E-state index in [-0.39, 0.29) is 13.0 Å². The van der Waals surface area contributed by atoms with E-state index in [1.165, 1.54) is 7.11 Å². The van der Waals surface area contributed by atoms with Crippen LogP contribution in [0, 0.1) is 0 Å². The summed E-state index contributed by atoms with van der Waals surface area (Å²) in [4.78, 5) is 12.2. The highest BCUT2D eigenvalue weighted by molar-refractivity contribution is 7.86. The van der Waals surface area contributed by atoms with Crippen LogP contribution in [0.15, 0.2) is 60.7 Å². The summed E-state index contributed by atoms with van der Waals surface area (Å²) in [6, 6.07) is 19.4. The Hall–Kier alpha value is -2.30. The Morgan fingerprint density at radius 2 is 1.50 bits per heavy atom. The van der Waals surface area contributed by atoms with Gasteiger partial charge in [-0.25, -0.2) is 4.79 Å². The van der Waals surface area contributed by atoms with Crippen molar-refractivity contribution in [3.63, 3.8) is 0 Å². The van der Waals surface area contributed by atoms with Crippen LogP contribution in [-0.2, 0) is 51.3 Å². The Kier molecular flexibility index (Phi) is 8.77. The number of carbonyl (C=O) groups is 1. The third-order valence-corrected chi connectivity index (χ3v) is 5.57. The normalized spacial score (nSPS) is 22.2. The van der Waals surface area contributed by atoms with Crippen molar-refractivity contribution in [2.45, 2.75) is 44.1 Å². The smallest absolute Gasteiger partial charge is 0.339 e. The van der Waals surface area contributed by atoms with Crippen molar-refractivity contribution in [3.8, 4) is 0 Å². The summed E-state index contributed by atoms with van der Waals surface area (Å²) >= 11 is 0. The van der Waals surface area contributed by atoms with Crippen molar-refractivity contribution in [3.05, 3.63) is 71.8 Å². The summed E-state index contributed by atoms with van der Waals surface area (Å²) < 4.78 is 51.1. The van der Waals surface area contributed by atoms with E-state index in [0.29, 0.717) is 13.2 Å². The molecule has 1 aliphatic heterocycles. The predicted molar refractivity (Wildman–Crippen MR) is 116 cm³/mol. The highest BCUT2D eigenvalue weighted by atomic mass is 32.2. The zero-order chi connectivity index (χ0) is 23.0. The van der Waals surface area contributed by atoms with Gasteiger partial charge in [0.1, 0.15) is 6.10 Å². The van der Waals surface area contributed by atoms with Gasteiger partial charge >= 0.3 is 5.97 Å². The van der Waals surface area contributed by atoms with E-state index in [9.17, 15) is 13.2 Å². The molecule has 9 heteroatoms. The van der Waals surface area contributed by atoms with Crippen LogP contribution in [0.1, 0.15) is 17.5 Å². The van der Waals surface area contributed by atoms with Gasteiger partial charge in [0.05, 0.1) is 45.4 Å². The third kappa shape index (κ3) is 7.39. The number of benzene rings is 2. The lowest BCUT2D eigenvalue weighted by molar-refractivity contribution is -0.194. The fraction of sp³-hybridized carbons (Fsp3) is 0.435. The minimum atomic E-state index is -3.91. The standard InChI is InChI=1S/C23H28O8S/c1-27-23(24)22(31-32(2,25)26)20-13-19(28-14-17-9-5-3-6-10-17)21(16-30-20)29-15-18-11-7-4-8-12-18/h3-12,19-22H,13-16H2,1-2H3/t19-,20-,21+,22+/m1/s1. The highest BCUT2D eigenvalue weighted by Gasteiger charge is 2.42. The van der Waals surface area contributed by atoms with Crippen molar-refractivity contribution in [1.82, 2.24) is 0 Å². The summed E-state index contributed by atoms with van der Waals surface area (Å²) in [5, 5.41) is 0. The second-order valence-electron chi connectivity index (χ2n) is 7.52. The van der Waals surface area contributed by atoms with Gasteiger partial charge in [-0.15, -0.1) is 0 Å². The maximum Gasteiger partial charge on any atom is 0.339 e. The van der Waals surface area contributed by atoms with Crippen LogP contribution in [0.25, 0.3) is 0 Å². The van der Waals surface area contributed by atoms with Crippen molar-refractivity contribution >= 4 is 16.1 Å². The molecule has 3 rings (SSSR count). The molecule has 0 N–H and O–H groups in total. The molecule has 2 aromatic rings. The molecule has 2 aromatic carbocycles. The van der Waals surface area contributed by atoms with Gasteiger partial charge in [0.25, 0.3) is 10.1 Å². The molecule has 4 atom stereocenters. The Morgan fingerprint density at radius 1 is 0.969 bits per heavy atom. The molecule has 0 amide bonds. The Balaban J connectivity index is 1.72. The molecule has 0 radical (unpaired) electrons. The van der Waals surface area contributed by atoms with Gasteiger partial charge in [0, 0.05) is 6.42 Å². The molecule has 1 heterocycles. The molecule has 0 unspecified atom stereocenters. The summed E-state index contributed by atoms with van der Waals surface area (Å²) in [6.45, 7) is 0.807. The van der Waals surface area contributed by atoms with Gasteiger partial charge in [0.15, 0.2) is 6.10 Å². The number of esters is 1. The molecule has 0 saturated carbocycles. The van der Waals surface area contributed by atoms with Crippen LogP contribution in [0.2, 0.25) is 0 Å². The average Bonchev–Trinajstić information content (AvgIpc) is 2.80. The first-order valence-electron chi connectivity index (χ1n) is 10.2. The molecule has 0 aromatic heterocycles. The first-order valence-corrected chi connectivity index (χ1v) is 12.1. The number of ether oxygens (including phenoxy) is 4. The van der Waals surface area contributed by atoms with Crippen molar-refractivity contribution in [1.29, 1.82) is 0 Å². The number of hydrogen-bond acceptors (Lipinski definition) is 8. The minimum absolute atomic E-state index is 0.109. The van der Waals surface area contributed by atoms with Gasteiger partial charge in [-0.05, 0) is 11.1 Å². The van der Waals surface area contributed by atoms with Crippen LogP contribution in [0.3, 0.4) is 0 Å². The van der Waals surface area contributed by atoms with E-state index in [1.807, 2.05) is 60.7 Å². The van der Waals surface area contributed by atoms with E-state index in [4.69, 9.17) is 23.1 Å². The van der Waals surface area contributed by atoms with Gasteiger partial charge in [0.2, 0.25) is 0 Å². The van der Waals surface area contributed by atoms with Crippen LogP contribution in [0.5, 0.6) is 0 Å². The molecule has 1 aliphatic rings. The molecule has 1 saturated heterocycles. The SMILES string of the molecule is COC(=O)[C@@H](OS(C)(=O)=O)[C@H]1C[C@@H](OCc2ccccc2)[C@@H](OCc2ccccc2)CO1. The number of hydrogen-bond donors (Lipinski definition) is 0. The summed E-state index contributed by atoms with van der Waals surface area (Å²) in [5.41, 5.74) is 1.98. The Morgan fingerprint density at radius 3 is 2.00 bits per heavy atom. The van der Waals surface area contributed by atoms with Gasteiger partial charge in [-0.3, -0.25) is 4.18 Å². The molecule has 0 spiro atoms. The molecular formula is C23H28O8S. The summed E-state index contributed by atoms with van der Waals surface area (Å²) in [7, 11) is -2.75. The first-order chi connectivity index (χ1) is 15.4. The molecule has 1 fully saturated rings. The van der Waals surface area contributed by atoms with Crippen molar-refractivity contribution in [2.24, 2.45) is 0 Å². The van der Waals surface area contributed by atoms with Crippen molar-refractivity contribution < 1.29 is 36.3 Å². The zero-order valence-corrected chi connectivity index (χ0v) is 18.9. The van der Waals surface area contributed by atoms with E-state index in [0.717, 1.165) is 17.4 Å². The fourth-order valence-corrected chi connectivity index (χ4v) is 4.01. The van der Waals surface area contributed by atoms with Crippen LogP contribution >= 0.6 is 0 Å². The second kappa shape index (κ2) is 11.5. The highest BCUT2D eigenvalue weighted by Crippen LogP contribution is 2.26. The van der Waals surface area contributed by atoms with E-state index < -0.39 is 40.5 Å². The van der Waals surface area contributed by atoms with E-state index >= 15 is 0 Å². The van der Waals surface area contributed by atoms with Crippen molar-refractivity contribution in [2.75, 3.05) is 20.0 Å². The summed E-state index contributed by atoms with van der Waals surface area (Å²) in [5.74, 6) is -0.828. The quantitative estimate of drug-likeness (QED) is 0.391. The van der Waals surface area contributed by atoms with Crippen LogP contribution < -0.4 is 0 Å². The van der Waals surface area contributed by atoms with Crippen LogP contribution in [0.4, 0.5) is 0 Å². The Labute approximate surface area is 188 Å². The van der Waals surface area contributed by atoms with Gasteiger partial charge in [-0.1, -0.05) is 60.7 Å². The number of rotatable bonds is 10. The third-order valence-electron chi connectivity index (χ3n) is 5.02. The maximum absolute atomic E-state index is 12.2. The second-order valence-corrected chi connectivity index (χ2v) is 9.12. The number of carbonyl (C=O) groups excluding carboxylic acids is 1. The molecule has 32 heavy (non-hydrogen) atoms. The molecular weight excluding hydrogens is 436 g/mol. The molecule has 0 aliphatic carbocycles. The average molecular weight is 465 g/mol. The lowest BCUT2D eigenvalue weighted by Gasteiger charge is -2.37. The zero-order valence-electron chi connectivity index (χ0n) is 18.1. The molecule has 174 valence electrons. The lowest BCUT2D eigenvalue weighted by atomic mass is 9.99. The molecule has 8 nitrogen and oxygen atoms in total. The number of methoxy groups -OCH3 is 1. The maximum atomic E-state index is 12.2. The minimum Gasteiger partial charge on any atom is -0.467 e. The Bertz CT molecular complexity index is 948. The monoisotopic (exact) mass is 464 g/mol. The van der Waals surface area contributed by atoms with Gasteiger partial charge < -0.3 is 18.9 Å². The molecule has 0 bridgehead atoms. The van der Waals surface area contributed by atoms with E-state index in [1.54, 1.807) is 0 Å².